The summed E-state index contributed by atoms with van der Waals surface area (Å²) in [6.07, 6.45) is -3.67. The lowest BCUT2D eigenvalue weighted by molar-refractivity contribution is -0.138. The van der Waals surface area contributed by atoms with Gasteiger partial charge in [-0.05, 0) is 6.07 Å². The van der Waals surface area contributed by atoms with Crippen molar-refractivity contribution in [2.45, 2.75) is 12.7 Å². The van der Waals surface area contributed by atoms with Crippen LogP contribution in [0.4, 0.5) is 13.2 Å². The third-order valence-electron chi connectivity index (χ3n) is 2.01. The molecule has 0 radical (unpaired) electrons. The summed E-state index contributed by atoms with van der Waals surface area (Å²) in [6, 6.07) is 1.66. The first-order valence-corrected chi connectivity index (χ1v) is 5.40. The Morgan fingerprint density at radius 1 is 1.29 bits per heavy atom. The topological polar surface area (TPSA) is 31.2 Å². The summed E-state index contributed by atoms with van der Waals surface area (Å²) >= 11 is 5.36. The van der Waals surface area contributed by atoms with Crippen LogP contribution in [0.3, 0.4) is 0 Å². The highest BCUT2D eigenvalue weighted by atomic mass is 35.5. The smallest absolute Gasteiger partial charge is 0.378 e. The molecule has 0 saturated carbocycles. The molecular formula is C10H11ClF3NO2. The summed E-state index contributed by atoms with van der Waals surface area (Å²) in [5.74, 6) is 0.303. The van der Waals surface area contributed by atoms with Crippen molar-refractivity contribution in [3.8, 4) is 0 Å². The number of ether oxygens (including phenoxy) is 1. The fraction of sp³-hybridized carbons (Fsp3) is 0.500. The Labute approximate surface area is 101 Å². The molecule has 0 N–H and O–H groups in total. The Morgan fingerprint density at radius 3 is 2.59 bits per heavy atom. The van der Waals surface area contributed by atoms with Gasteiger partial charge < -0.3 is 9.30 Å². The number of nitrogens with zero attached hydrogens (tertiary/aromatic N) is 1. The Bertz CT molecular complexity index is 417. The molecule has 0 aliphatic carbocycles. The van der Waals surface area contributed by atoms with Crippen LogP contribution in [0.15, 0.2) is 23.1 Å². The fourth-order valence-electron chi connectivity index (χ4n) is 1.19. The van der Waals surface area contributed by atoms with Crippen LogP contribution in [0, 0.1) is 0 Å². The van der Waals surface area contributed by atoms with Gasteiger partial charge in [0.2, 0.25) is 0 Å². The maximum Gasteiger partial charge on any atom is 0.417 e. The van der Waals surface area contributed by atoms with Crippen LogP contribution in [0.5, 0.6) is 0 Å². The van der Waals surface area contributed by atoms with Gasteiger partial charge >= 0.3 is 6.18 Å². The zero-order valence-electron chi connectivity index (χ0n) is 8.84. The highest BCUT2D eigenvalue weighted by Crippen LogP contribution is 2.27. The molecule has 0 spiro atoms. The molecule has 1 rings (SSSR count). The van der Waals surface area contributed by atoms with Gasteiger partial charge in [0.05, 0.1) is 18.8 Å². The highest BCUT2D eigenvalue weighted by molar-refractivity contribution is 6.17. The first kappa shape index (κ1) is 14.1. The molecule has 0 aliphatic heterocycles. The van der Waals surface area contributed by atoms with Gasteiger partial charge in [-0.1, -0.05) is 0 Å². The summed E-state index contributed by atoms with van der Waals surface area (Å²) < 4.78 is 43.1. The number of halogens is 4. The van der Waals surface area contributed by atoms with Crippen LogP contribution in [0.2, 0.25) is 0 Å². The SMILES string of the molecule is O=c1ccc(C(F)(F)F)cn1CCOCCCl. The van der Waals surface area contributed by atoms with Crippen molar-refractivity contribution in [2.75, 3.05) is 19.1 Å². The first-order valence-electron chi connectivity index (χ1n) is 4.86. The van der Waals surface area contributed by atoms with Crippen LogP contribution >= 0.6 is 11.6 Å². The number of alkyl halides is 4. The van der Waals surface area contributed by atoms with E-state index in [-0.39, 0.29) is 13.2 Å². The molecule has 1 aromatic heterocycles. The van der Waals surface area contributed by atoms with E-state index in [9.17, 15) is 18.0 Å². The predicted octanol–water partition coefficient (Wildman–Crippen LogP) is 2.12. The minimum absolute atomic E-state index is 0.0691. The standard InChI is InChI=1S/C10H11ClF3NO2/c11-3-5-17-6-4-15-7-8(10(12,13)14)1-2-9(15)16/h1-2,7H,3-6H2. The summed E-state index contributed by atoms with van der Waals surface area (Å²) in [7, 11) is 0. The van der Waals surface area contributed by atoms with Crippen molar-refractivity contribution in [1.82, 2.24) is 4.57 Å². The molecule has 0 atom stereocenters. The summed E-state index contributed by atoms with van der Waals surface area (Å²) in [6.45, 7) is 0.517. The molecule has 1 aromatic rings. The van der Waals surface area contributed by atoms with Crippen LogP contribution in [0.25, 0.3) is 0 Å². The lowest BCUT2D eigenvalue weighted by Crippen LogP contribution is -2.23. The lowest BCUT2D eigenvalue weighted by Gasteiger charge is -2.10. The van der Waals surface area contributed by atoms with E-state index < -0.39 is 17.3 Å². The van der Waals surface area contributed by atoms with E-state index in [1.807, 2.05) is 0 Å². The number of hydrogen-bond donors (Lipinski definition) is 0. The largest absolute Gasteiger partial charge is 0.417 e. The van der Waals surface area contributed by atoms with Crippen LogP contribution < -0.4 is 5.56 Å². The van der Waals surface area contributed by atoms with Gasteiger partial charge in [0.15, 0.2) is 0 Å². The van der Waals surface area contributed by atoms with Gasteiger partial charge in [-0.3, -0.25) is 4.79 Å². The number of pyridine rings is 1. The number of hydrogen-bond acceptors (Lipinski definition) is 2. The second-order valence-corrected chi connectivity index (χ2v) is 3.63. The maximum absolute atomic E-state index is 12.4. The molecular weight excluding hydrogens is 259 g/mol. The Hall–Kier alpha value is -1.01. The van der Waals surface area contributed by atoms with Gasteiger partial charge in [0, 0.05) is 24.7 Å². The molecule has 0 aromatic carbocycles. The monoisotopic (exact) mass is 269 g/mol. The molecule has 1 heterocycles. The Balaban J connectivity index is 2.74. The number of aromatic nitrogens is 1. The van der Waals surface area contributed by atoms with E-state index in [0.29, 0.717) is 12.5 Å². The van der Waals surface area contributed by atoms with Crippen molar-refractivity contribution in [1.29, 1.82) is 0 Å². The van der Waals surface area contributed by atoms with Crippen LogP contribution in [-0.2, 0) is 17.5 Å². The molecule has 0 amide bonds. The van der Waals surface area contributed by atoms with Crippen LogP contribution in [0.1, 0.15) is 5.56 Å². The fourth-order valence-corrected chi connectivity index (χ4v) is 1.30. The van der Waals surface area contributed by atoms with E-state index in [4.69, 9.17) is 16.3 Å². The van der Waals surface area contributed by atoms with E-state index in [2.05, 4.69) is 0 Å². The lowest BCUT2D eigenvalue weighted by atomic mass is 10.3. The van der Waals surface area contributed by atoms with Gasteiger partial charge in [-0.15, -0.1) is 11.6 Å². The van der Waals surface area contributed by atoms with Gasteiger partial charge in [-0.25, -0.2) is 0 Å². The zero-order valence-corrected chi connectivity index (χ0v) is 9.59. The molecule has 7 heteroatoms. The van der Waals surface area contributed by atoms with Crippen LogP contribution in [-0.4, -0.2) is 23.7 Å². The molecule has 0 saturated heterocycles. The first-order chi connectivity index (χ1) is 7.95. The summed E-state index contributed by atoms with van der Waals surface area (Å²) in [4.78, 5) is 11.3. The normalized spacial score (nSPS) is 11.8. The molecule has 17 heavy (non-hydrogen) atoms. The van der Waals surface area contributed by atoms with Gasteiger partial charge in [-0.2, -0.15) is 13.2 Å². The second-order valence-electron chi connectivity index (χ2n) is 3.25. The van der Waals surface area contributed by atoms with Gasteiger partial charge in [0.25, 0.3) is 5.56 Å². The van der Waals surface area contributed by atoms with Crippen molar-refractivity contribution in [2.24, 2.45) is 0 Å². The molecule has 0 bridgehead atoms. The zero-order chi connectivity index (χ0) is 12.9. The summed E-state index contributed by atoms with van der Waals surface area (Å²) in [5.41, 5.74) is -1.35. The van der Waals surface area contributed by atoms with E-state index in [0.717, 1.165) is 22.9 Å². The van der Waals surface area contributed by atoms with Crippen molar-refractivity contribution in [3.63, 3.8) is 0 Å². The third kappa shape index (κ3) is 4.40. The molecule has 96 valence electrons. The van der Waals surface area contributed by atoms with E-state index in [1.165, 1.54) is 0 Å². The predicted molar refractivity (Wildman–Crippen MR) is 57.2 cm³/mol. The van der Waals surface area contributed by atoms with Crippen molar-refractivity contribution < 1.29 is 17.9 Å². The Kier molecular flexibility index (Phi) is 5.02. The van der Waals surface area contributed by atoms with Gasteiger partial charge in [0.1, 0.15) is 0 Å². The summed E-state index contributed by atoms with van der Waals surface area (Å²) in [5, 5.41) is 0. The van der Waals surface area contributed by atoms with Crippen molar-refractivity contribution in [3.05, 3.63) is 34.2 Å². The minimum Gasteiger partial charge on any atom is -0.378 e. The van der Waals surface area contributed by atoms with Crippen molar-refractivity contribution >= 4 is 11.6 Å². The Morgan fingerprint density at radius 2 is 2.00 bits per heavy atom. The third-order valence-corrected chi connectivity index (χ3v) is 2.16. The highest BCUT2D eigenvalue weighted by Gasteiger charge is 2.30. The average Bonchev–Trinajstić information content (AvgIpc) is 2.25. The molecule has 0 unspecified atom stereocenters. The van der Waals surface area contributed by atoms with E-state index in [1.54, 1.807) is 0 Å². The molecule has 3 nitrogen and oxygen atoms in total. The molecule has 0 fully saturated rings. The van der Waals surface area contributed by atoms with E-state index >= 15 is 0 Å². The minimum atomic E-state index is -4.45. The molecule has 0 aliphatic rings. The quantitative estimate of drug-likeness (QED) is 0.606. The maximum atomic E-state index is 12.4. The number of rotatable bonds is 5. The second kappa shape index (κ2) is 6.07. The average molecular weight is 270 g/mol.